The van der Waals surface area contributed by atoms with Crippen molar-refractivity contribution in [3.63, 3.8) is 0 Å². The summed E-state index contributed by atoms with van der Waals surface area (Å²) in [4.78, 5) is 0. The molecule has 0 spiro atoms. The lowest BCUT2D eigenvalue weighted by Gasteiger charge is -2.47. The first-order chi connectivity index (χ1) is 12.7. The van der Waals surface area contributed by atoms with Crippen LogP contribution in [0.3, 0.4) is 0 Å². The van der Waals surface area contributed by atoms with Gasteiger partial charge in [-0.3, -0.25) is 0 Å². The third kappa shape index (κ3) is 8.07. The molecule has 0 aromatic carbocycles. The lowest BCUT2D eigenvalue weighted by Crippen LogP contribution is -2.51. The molecule has 1 saturated carbocycles. The first-order valence-corrected chi connectivity index (χ1v) is 12.1. The van der Waals surface area contributed by atoms with Crippen molar-refractivity contribution < 1.29 is 9.47 Å². The summed E-state index contributed by atoms with van der Waals surface area (Å²) >= 11 is 6.07. The Labute approximate surface area is 168 Å². The molecule has 0 aliphatic heterocycles. The molecule has 0 radical (unpaired) electrons. The molecular formula is C23H45ClO2. The summed E-state index contributed by atoms with van der Waals surface area (Å²) < 4.78 is 13.0. The molecule has 0 N–H and O–H groups in total. The van der Waals surface area contributed by atoms with Gasteiger partial charge in [-0.2, -0.15) is 0 Å². The summed E-state index contributed by atoms with van der Waals surface area (Å²) in [5, 5.41) is 0. The SMILES string of the molecule is CCCCCCCCC(CCCCl)C(OCC)(OCC)C1CCCCC1. The van der Waals surface area contributed by atoms with Crippen LogP contribution in [0.4, 0.5) is 0 Å². The molecule has 1 aliphatic carbocycles. The van der Waals surface area contributed by atoms with Gasteiger partial charge in [-0.25, -0.2) is 0 Å². The highest BCUT2D eigenvalue weighted by molar-refractivity contribution is 6.17. The van der Waals surface area contributed by atoms with Crippen molar-refractivity contribution in [2.24, 2.45) is 11.8 Å². The van der Waals surface area contributed by atoms with E-state index in [9.17, 15) is 0 Å². The maximum Gasteiger partial charge on any atom is 0.173 e. The van der Waals surface area contributed by atoms with E-state index in [4.69, 9.17) is 21.1 Å². The zero-order chi connectivity index (χ0) is 19.1. The van der Waals surface area contributed by atoms with Crippen LogP contribution in [0.15, 0.2) is 0 Å². The van der Waals surface area contributed by atoms with E-state index in [-0.39, 0.29) is 5.79 Å². The Kier molecular flexibility index (Phi) is 14.1. The van der Waals surface area contributed by atoms with Gasteiger partial charge < -0.3 is 9.47 Å². The molecule has 1 aliphatic rings. The zero-order valence-corrected chi connectivity index (χ0v) is 18.6. The van der Waals surface area contributed by atoms with Crippen molar-refractivity contribution in [3.8, 4) is 0 Å². The second-order valence-electron chi connectivity index (χ2n) is 8.01. The van der Waals surface area contributed by atoms with E-state index in [1.807, 2.05) is 0 Å². The Morgan fingerprint density at radius 3 is 1.96 bits per heavy atom. The fourth-order valence-electron chi connectivity index (χ4n) is 4.84. The highest BCUT2D eigenvalue weighted by atomic mass is 35.5. The number of rotatable bonds is 16. The molecule has 0 bridgehead atoms. The molecule has 2 nitrogen and oxygen atoms in total. The summed E-state index contributed by atoms with van der Waals surface area (Å²) in [6.45, 7) is 8.01. The van der Waals surface area contributed by atoms with Crippen molar-refractivity contribution in [2.75, 3.05) is 19.1 Å². The molecule has 0 heterocycles. The van der Waals surface area contributed by atoms with Crippen molar-refractivity contribution in [2.45, 2.75) is 116 Å². The van der Waals surface area contributed by atoms with Crippen LogP contribution in [0, 0.1) is 11.8 Å². The predicted octanol–water partition coefficient (Wildman–Crippen LogP) is 7.72. The van der Waals surface area contributed by atoms with Gasteiger partial charge >= 0.3 is 0 Å². The Hall–Kier alpha value is 0.210. The van der Waals surface area contributed by atoms with Crippen LogP contribution < -0.4 is 0 Å². The van der Waals surface area contributed by atoms with Gasteiger partial charge in [0.05, 0.1) is 0 Å². The topological polar surface area (TPSA) is 18.5 Å². The summed E-state index contributed by atoms with van der Waals surface area (Å²) in [5.74, 6) is 1.40. The van der Waals surface area contributed by atoms with Crippen LogP contribution in [0.25, 0.3) is 0 Å². The second kappa shape index (κ2) is 15.2. The normalized spacial score (nSPS) is 17.5. The van der Waals surface area contributed by atoms with Crippen LogP contribution >= 0.6 is 11.6 Å². The van der Waals surface area contributed by atoms with E-state index in [0.717, 1.165) is 31.9 Å². The first-order valence-electron chi connectivity index (χ1n) is 11.6. The highest BCUT2D eigenvalue weighted by Gasteiger charge is 2.46. The summed E-state index contributed by atoms with van der Waals surface area (Å²) in [7, 11) is 0. The van der Waals surface area contributed by atoms with Gasteiger partial charge in [-0.15, -0.1) is 11.6 Å². The van der Waals surface area contributed by atoms with E-state index in [1.165, 1.54) is 77.0 Å². The minimum atomic E-state index is -0.376. The summed E-state index contributed by atoms with van der Waals surface area (Å²) in [6, 6.07) is 0. The van der Waals surface area contributed by atoms with Gasteiger partial charge in [0.15, 0.2) is 5.79 Å². The molecule has 26 heavy (non-hydrogen) atoms. The Balaban J connectivity index is 2.80. The van der Waals surface area contributed by atoms with Crippen molar-refractivity contribution in [1.29, 1.82) is 0 Å². The third-order valence-electron chi connectivity index (χ3n) is 6.08. The van der Waals surface area contributed by atoms with Gasteiger partial charge in [-0.05, 0) is 46.0 Å². The monoisotopic (exact) mass is 388 g/mol. The van der Waals surface area contributed by atoms with Crippen molar-refractivity contribution >= 4 is 11.6 Å². The Morgan fingerprint density at radius 1 is 0.808 bits per heavy atom. The number of unbranched alkanes of at least 4 members (excludes halogenated alkanes) is 5. The third-order valence-corrected chi connectivity index (χ3v) is 6.34. The van der Waals surface area contributed by atoms with Crippen LogP contribution in [-0.4, -0.2) is 24.9 Å². The fraction of sp³-hybridized carbons (Fsp3) is 1.00. The Bertz CT molecular complexity index is 309. The lowest BCUT2D eigenvalue weighted by atomic mass is 9.74. The maximum absolute atomic E-state index is 6.50. The lowest BCUT2D eigenvalue weighted by molar-refractivity contribution is -0.299. The maximum atomic E-state index is 6.50. The van der Waals surface area contributed by atoms with Crippen LogP contribution in [0.5, 0.6) is 0 Å². The second-order valence-corrected chi connectivity index (χ2v) is 8.38. The van der Waals surface area contributed by atoms with Gasteiger partial charge in [0.2, 0.25) is 0 Å². The molecule has 0 aromatic heterocycles. The number of hydrogen-bond acceptors (Lipinski definition) is 2. The van der Waals surface area contributed by atoms with Crippen LogP contribution in [-0.2, 0) is 9.47 Å². The van der Waals surface area contributed by atoms with E-state index < -0.39 is 0 Å². The van der Waals surface area contributed by atoms with E-state index in [0.29, 0.717) is 11.8 Å². The van der Waals surface area contributed by atoms with E-state index in [1.54, 1.807) is 0 Å². The molecule has 3 heteroatoms. The van der Waals surface area contributed by atoms with Gasteiger partial charge in [-0.1, -0.05) is 64.7 Å². The molecule has 0 aromatic rings. The largest absolute Gasteiger partial charge is 0.350 e. The predicted molar refractivity (Wildman–Crippen MR) is 114 cm³/mol. The Morgan fingerprint density at radius 2 is 1.38 bits per heavy atom. The summed E-state index contributed by atoms with van der Waals surface area (Å²) in [6.07, 6.45) is 18.0. The van der Waals surface area contributed by atoms with E-state index >= 15 is 0 Å². The minimum absolute atomic E-state index is 0.376. The number of hydrogen-bond donors (Lipinski definition) is 0. The zero-order valence-electron chi connectivity index (χ0n) is 17.9. The fourth-order valence-corrected chi connectivity index (χ4v) is 5.00. The highest BCUT2D eigenvalue weighted by Crippen LogP contribution is 2.44. The molecular weight excluding hydrogens is 344 g/mol. The van der Waals surface area contributed by atoms with Gasteiger partial charge in [0.25, 0.3) is 0 Å². The van der Waals surface area contributed by atoms with Crippen LogP contribution in [0.2, 0.25) is 0 Å². The molecule has 1 atom stereocenters. The van der Waals surface area contributed by atoms with Crippen LogP contribution in [0.1, 0.15) is 111 Å². The molecule has 1 unspecified atom stereocenters. The molecule has 1 fully saturated rings. The minimum Gasteiger partial charge on any atom is -0.350 e. The molecule has 0 saturated heterocycles. The number of ether oxygens (including phenoxy) is 2. The standard InChI is InChI=1S/C23H45ClO2/c1-4-7-8-9-10-12-16-22(19-15-20-24)23(25-5-2,26-6-3)21-17-13-11-14-18-21/h21-22H,4-20H2,1-3H3. The quantitative estimate of drug-likeness (QED) is 0.153. The van der Waals surface area contributed by atoms with Crippen molar-refractivity contribution in [1.82, 2.24) is 0 Å². The average Bonchev–Trinajstić information content (AvgIpc) is 2.67. The molecule has 156 valence electrons. The smallest absolute Gasteiger partial charge is 0.173 e. The van der Waals surface area contributed by atoms with Gasteiger partial charge in [0, 0.05) is 30.9 Å². The summed E-state index contributed by atoms with van der Waals surface area (Å²) in [5.41, 5.74) is 0. The molecule has 1 rings (SSSR count). The average molecular weight is 389 g/mol. The van der Waals surface area contributed by atoms with Gasteiger partial charge in [0.1, 0.15) is 0 Å². The number of alkyl halides is 1. The number of halogens is 1. The van der Waals surface area contributed by atoms with Crippen molar-refractivity contribution in [3.05, 3.63) is 0 Å². The first kappa shape index (κ1) is 24.2. The molecule has 0 amide bonds. The van der Waals surface area contributed by atoms with E-state index in [2.05, 4.69) is 20.8 Å².